The molecule has 0 radical (unpaired) electrons. The molecule has 0 saturated carbocycles. The number of piperidine rings is 1. The number of anilines is 1. The molecule has 0 bridgehead atoms. The summed E-state index contributed by atoms with van der Waals surface area (Å²) in [6.45, 7) is 21.7. The lowest BCUT2D eigenvalue weighted by atomic mass is 9.97. The van der Waals surface area contributed by atoms with Gasteiger partial charge >= 0.3 is 0 Å². The minimum absolute atomic E-state index is 0. The summed E-state index contributed by atoms with van der Waals surface area (Å²) in [5.41, 5.74) is 19.3. The summed E-state index contributed by atoms with van der Waals surface area (Å²) in [7, 11) is 0. The fourth-order valence-electron chi connectivity index (χ4n) is 7.13. The lowest BCUT2D eigenvalue weighted by Crippen LogP contribution is -2.44. The first kappa shape index (κ1) is 41.0. The SMILES string of the molecule is Cc1cc(-c2cc(CN3CCC(N(Cc4ccnc(-c5cc(C)c(C)c(C)c5)c4)c4cccc(C)c4C)CC3)ccn2)cc(C)c1C.Cl.Cl.Cl. The van der Waals surface area contributed by atoms with Crippen molar-refractivity contribution in [1.29, 1.82) is 0 Å². The van der Waals surface area contributed by atoms with Crippen LogP contribution in [0.5, 0.6) is 0 Å². The number of aromatic nitrogens is 2. The van der Waals surface area contributed by atoms with E-state index in [1.807, 2.05) is 12.4 Å². The largest absolute Gasteiger partial charge is 0.364 e. The molecular weight excluding hydrogens is 679 g/mol. The van der Waals surface area contributed by atoms with Gasteiger partial charge in [0, 0.05) is 61.4 Å². The molecule has 0 amide bonds. The van der Waals surface area contributed by atoms with Gasteiger partial charge in [0.05, 0.1) is 11.4 Å². The maximum absolute atomic E-state index is 4.80. The van der Waals surface area contributed by atoms with E-state index in [2.05, 4.69) is 132 Å². The van der Waals surface area contributed by atoms with Crippen molar-refractivity contribution in [3.05, 3.63) is 135 Å². The van der Waals surface area contributed by atoms with E-state index in [9.17, 15) is 0 Å². The predicted octanol–water partition coefficient (Wildman–Crippen LogP) is 11.2. The van der Waals surface area contributed by atoms with E-state index < -0.39 is 0 Å². The molecule has 0 atom stereocenters. The molecule has 5 aromatic rings. The van der Waals surface area contributed by atoms with Gasteiger partial charge in [0.1, 0.15) is 0 Å². The van der Waals surface area contributed by atoms with Crippen LogP contribution in [0.4, 0.5) is 5.69 Å². The van der Waals surface area contributed by atoms with Crippen molar-refractivity contribution in [2.45, 2.75) is 87.4 Å². The number of hydrogen-bond acceptors (Lipinski definition) is 4. The van der Waals surface area contributed by atoms with Crippen molar-refractivity contribution in [2.24, 2.45) is 0 Å². The van der Waals surface area contributed by atoms with Crippen LogP contribution >= 0.6 is 37.2 Å². The smallest absolute Gasteiger partial charge is 0.0705 e. The Labute approximate surface area is 319 Å². The van der Waals surface area contributed by atoms with Crippen LogP contribution in [0, 0.1) is 55.4 Å². The molecular formula is C43H53Cl3N4. The van der Waals surface area contributed by atoms with Crippen LogP contribution in [-0.2, 0) is 13.1 Å². The van der Waals surface area contributed by atoms with Crippen molar-refractivity contribution in [3.8, 4) is 22.5 Å². The third kappa shape index (κ3) is 9.08. The third-order valence-electron chi connectivity index (χ3n) is 10.7. The summed E-state index contributed by atoms with van der Waals surface area (Å²) in [5, 5.41) is 0. The second kappa shape index (κ2) is 17.7. The Balaban J connectivity index is 0.00000225. The summed E-state index contributed by atoms with van der Waals surface area (Å²) in [4.78, 5) is 14.8. The molecule has 0 unspecified atom stereocenters. The van der Waals surface area contributed by atoms with Gasteiger partial charge in [-0.25, -0.2) is 0 Å². The van der Waals surface area contributed by atoms with Gasteiger partial charge in [-0.1, -0.05) is 12.1 Å². The van der Waals surface area contributed by atoms with Crippen LogP contribution in [0.2, 0.25) is 0 Å². The number of hydrogen-bond donors (Lipinski definition) is 0. The van der Waals surface area contributed by atoms with Crippen LogP contribution in [-0.4, -0.2) is 34.0 Å². The van der Waals surface area contributed by atoms with Gasteiger partial charge in [-0.05, 0) is 178 Å². The molecule has 0 aliphatic carbocycles. The average Bonchev–Trinajstić information content (AvgIpc) is 3.06. The molecule has 1 aliphatic rings. The van der Waals surface area contributed by atoms with Crippen molar-refractivity contribution in [2.75, 3.05) is 18.0 Å². The number of pyridine rings is 2. The van der Waals surface area contributed by atoms with Crippen LogP contribution in [0.25, 0.3) is 22.5 Å². The number of likely N-dealkylation sites (tertiary alicyclic amines) is 1. The van der Waals surface area contributed by atoms with Crippen molar-refractivity contribution >= 4 is 42.9 Å². The maximum atomic E-state index is 4.80. The molecule has 7 heteroatoms. The maximum Gasteiger partial charge on any atom is 0.0705 e. The van der Waals surface area contributed by atoms with Crippen molar-refractivity contribution < 1.29 is 0 Å². The molecule has 1 fully saturated rings. The minimum atomic E-state index is 0. The van der Waals surface area contributed by atoms with Gasteiger partial charge in [0.2, 0.25) is 0 Å². The average molecular weight is 732 g/mol. The van der Waals surface area contributed by atoms with E-state index in [0.717, 1.165) is 50.4 Å². The molecule has 266 valence electrons. The van der Waals surface area contributed by atoms with Gasteiger partial charge in [-0.3, -0.25) is 14.9 Å². The highest BCUT2D eigenvalue weighted by Gasteiger charge is 2.27. The molecule has 6 rings (SSSR count). The first-order valence-electron chi connectivity index (χ1n) is 17.2. The monoisotopic (exact) mass is 730 g/mol. The molecule has 0 spiro atoms. The van der Waals surface area contributed by atoms with Crippen molar-refractivity contribution in [3.63, 3.8) is 0 Å². The molecule has 0 N–H and O–H groups in total. The first-order valence-corrected chi connectivity index (χ1v) is 17.2. The topological polar surface area (TPSA) is 32.3 Å². The molecule has 4 nitrogen and oxygen atoms in total. The van der Waals surface area contributed by atoms with E-state index in [0.29, 0.717) is 6.04 Å². The normalized spacial score (nSPS) is 13.2. The van der Waals surface area contributed by atoms with Gasteiger partial charge in [0.15, 0.2) is 0 Å². The van der Waals surface area contributed by atoms with Gasteiger partial charge in [-0.15, -0.1) is 37.2 Å². The van der Waals surface area contributed by atoms with Crippen molar-refractivity contribution in [1.82, 2.24) is 14.9 Å². The second-order valence-electron chi connectivity index (χ2n) is 13.9. The van der Waals surface area contributed by atoms with Crippen LogP contribution in [0.3, 0.4) is 0 Å². The Hall–Kier alpha value is -3.41. The zero-order valence-electron chi connectivity index (χ0n) is 30.8. The number of halogens is 3. The van der Waals surface area contributed by atoms with E-state index in [4.69, 9.17) is 9.97 Å². The Morgan fingerprint density at radius 3 is 1.58 bits per heavy atom. The molecule has 3 aromatic carbocycles. The summed E-state index contributed by atoms with van der Waals surface area (Å²) in [5.74, 6) is 0. The zero-order valence-corrected chi connectivity index (χ0v) is 33.3. The number of aryl methyl sites for hydroxylation is 5. The van der Waals surface area contributed by atoms with E-state index in [1.54, 1.807) is 0 Å². The zero-order chi connectivity index (χ0) is 33.2. The lowest BCUT2D eigenvalue weighted by Gasteiger charge is -2.41. The molecule has 2 aromatic heterocycles. The van der Waals surface area contributed by atoms with E-state index >= 15 is 0 Å². The van der Waals surface area contributed by atoms with Crippen LogP contribution < -0.4 is 4.90 Å². The van der Waals surface area contributed by atoms with E-state index in [1.165, 1.54) is 72.4 Å². The van der Waals surface area contributed by atoms with Gasteiger partial charge < -0.3 is 4.90 Å². The molecule has 1 aliphatic heterocycles. The highest BCUT2D eigenvalue weighted by atomic mass is 35.5. The highest BCUT2D eigenvalue weighted by Crippen LogP contribution is 2.32. The Morgan fingerprint density at radius 2 is 1.06 bits per heavy atom. The minimum Gasteiger partial charge on any atom is -0.364 e. The summed E-state index contributed by atoms with van der Waals surface area (Å²) in [6, 6.07) is 25.3. The third-order valence-corrected chi connectivity index (χ3v) is 10.7. The molecule has 1 saturated heterocycles. The summed E-state index contributed by atoms with van der Waals surface area (Å²) >= 11 is 0. The van der Waals surface area contributed by atoms with Crippen LogP contribution in [0.15, 0.2) is 79.1 Å². The van der Waals surface area contributed by atoms with Crippen LogP contribution in [0.1, 0.15) is 68.5 Å². The second-order valence-corrected chi connectivity index (χ2v) is 13.9. The lowest BCUT2D eigenvalue weighted by molar-refractivity contribution is 0.201. The Morgan fingerprint density at radius 1 is 0.580 bits per heavy atom. The molecule has 50 heavy (non-hydrogen) atoms. The first-order chi connectivity index (χ1) is 22.6. The standard InChI is InChI=1S/C43H50N4.3ClH/c1-28-10-9-11-43(35(28)8)47(27-37-13-17-45-42(25-37)39-22-31(4)34(7)32(5)23-39)40-14-18-46(19-15-40)26-36-12-16-44-41(24-36)38-20-29(2)33(6)30(3)21-38;;;/h9-13,16-17,20-25,40H,14-15,18-19,26-27H2,1-8H3;3*1H. The number of benzene rings is 3. The summed E-state index contributed by atoms with van der Waals surface area (Å²) in [6.07, 6.45) is 6.24. The van der Waals surface area contributed by atoms with E-state index in [-0.39, 0.29) is 37.2 Å². The van der Waals surface area contributed by atoms with Gasteiger partial charge in [0.25, 0.3) is 0 Å². The summed E-state index contributed by atoms with van der Waals surface area (Å²) < 4.78 is 0. The number of nitrogens with zero attached hydrogens (tertiary/aromatic N) is 4. The quantitative estimate of drug-likeness (QED) is 0.159. The predicted molar refractivity (Wildman–Crippen MR) is 220 cm³/mol. The highest BCUT2D eigenvalue weighted by molar-refractivity contribution is 5.86. The Kier molecular flexibility index (Phi) is 14.5. The Bertz CT molecular complexity index is 1870. The molecule has 3 heterocycles. The van der Waals surface area contributed by atoms with Gasteiger partial charge in [-0.2, -0.15) is 0 Å². The fourth-order valence-corrected chi connectivity index (χ4v) is 7.13. The fraction of sp³-hybridized carbons (Fsp3) is 0.349. The number of rotatable bonds is 8.